The highest BCUT2D eigenvalue weighted by Crippen LogP contribution is 2.23. The summed E-state index contributed by atoms with van der Waals surface area (Å²) in [6.07, 6.45) is 6.37. The molecule has 7 nitrogen and oxygen atoms in total. The number of hydrogen-bond donors (Lipinski definition) is 1. The molecule has 10 heteroatoms. The monoisotopic (exact) mass is 551 g/mol. The third-order valence-corrected chi connectivity index (χ3v) is 8.09. The molecular weight excluding hydrogens is 517 g/mol. The van der Waals surface area contributed by atoms with Crippen LogP contribution in [0.2, 0.25) is 5.02 Å². The van der Waals surface area contributed by atoms with Crippen LogP contribution in [0, 0.1) is 5.82 Å². The molecule has 2 aromatic rings. The second-order valence-corrected chi connectivity index (χ2v) is 11.9. The number of carbonyl (C=O) groups is 2. The van der Waals surface area contributed by atoms with Crippen molar-refractivity contribution in [2.24, 2.45) is 0 Å². The molecule has 1 N–H and O–H groups in total. The summed E-state index contributed by atoms with van der Waals surface area (Å²) in [6, 6.07) is 11.9. The molecule has 0 aromatic heterocycles. The van der Waals surface area contributed by atoms with Gasteiger partial charge in [0.1, 0.15) is 11.9 Å². The van der Waals surface area contributed by atoms with E-state index in [1.165, 1.54) is 15.3 Å². The Hall–Kier alpha value is -2.65. The lowest BCUT2D eigenvalue weighted by atomic mass is 9.95. The van der Waals surface area contributed by atoms with Crippen LogP contribution in [-0.2, 0) is 26.2 Å². The quantitative estimate of drug-likeness (QED) is 0.431. The van der Waals surface area contributed by atoms with Crippen molar-refractivity contribution in [1.29, 1.82) is 0 Å². The molecule has 3 rings (SSSR count). The van der Waals surface area contributed by atoms with Crippen LogP contribution in [0.3, 0.4) is 0 Å². The van der Waals surface area contributed by atoms with E-state index in [2.05, 4.69) is 5.32 Å². The van der Waals surface area contributed by atoms with Gasteiger partial charge in [-0.25, -0.2) is 12.8 Å². The molecule has 1 aliphatic carbocycles. The van der Waals surface area contributed by atoms with E-state index in [9.17, 15) is 22.4 Å². The normalized spacial score (nSPS) is 15.1. The Morgan fingerprint density at radius 2 is 1.81 bits per heavy atom. The molecule has 0 spiro atoms. The predicted octanol–water partition coefficient (Wildman–Crippen LogP) is 4.89. The minimum atomic E-state index is -3.62. The summed E-state index contributed by atoms with van der Waals surface area (Å²) in [5, 5.41) is 3.45. The van der Waals surface area contributed by atoms with E-state index < -0.39 is 21.9 Å². The maximum atomic E-state index is 14.4. The number of nitrogens with zero attached hydrogens (tertiary/aromatic N) is 2. The first-order valence-corrected chi connectivity index (χ1v) is 14.9. The Kier molecular flexibility index (Phi) is 10.3. The molecule has 1 atom stereocenters. The van der Waals surface area contributed by atoms with Crippen LogP contribution in [0.15, 0.2) is 48.5 Å². The van der Waals surface area contributed by atoms with Crippen molar-refractivity contribution in [3.05, 3.63) is 64.9 Å². The van der Waals surface area contributed by atoms with Crippen molar-refractivity contribution in [3.63, 3.8) is 0 Å². The summed E-state index contributed by atoms with van der Waals surface area (Å²) in [5.74, 6) is -1.08. The fourth-order valence-electron chi connectivity index (χ4n) is 4.60. The molecule has 0 bridgehead atoms. The summed E-state index contributed by atoms with van der Waals surface area (Å²) in [7, 11) is -3.62. The Labute approximate surface area is 224 Å². The smallest absolute Gasteiger partial charge is 0.242 e. The first kappa shape index (κ1) is 28.9. The number of anilines is 1. The number of sulfonamides is 1. The van der Waals surface area contributed by atoms with Gasteiger partial charge in [-0.1, -0.05) is 55.1 Å². The van der Waals surface area contributed by atoms with Gasteiger partial charge in [0, 0.05) is 36.1 Å². The molecule has 2 aromatic carbocycles. The van der Waals surface area contributed by atoms with E-state index in [1.807, 2.05) is 0 Å². The minimum absolute atomic E-state index is 0.0118. The van der Waals surface area contributed by atoms with E-state index in [0.717, 1.165) is 38.4 Å². The molecular formula is C27H35ClFN3O4S. The van der Waals surface area contributed by atoms with Crippen LogP contribution in [0.1, 0.15) is 57.4 Å². The number of amides is 2. The average Bonchev–Trinajstić information content (AvgIpc) is 2.85. The van der Waals surface area contributed by atoms with Crippen LogP contribution in [-0.4, -0.2) is 50.0 Å². The zero-order chi connectivity index (χ0) is 27.0. The lowest BCUT2D eigenvalue weighted by molar-refractivity contribution is -0.141. The maximum absolute atomic E-state index is 14.4. The van der Waals surface area contributed by atoms with Crippen molar-refractivity contribution in [2.45, 2.75) is 70.5 Å². The minimum Gasteiger partial charge on any atom is -0.352 e. The van der Waals surface area contributed by atoms with Crippen LogP contribution < -0.4 is 9.62 Å². The van der Waals surface area contributed by atoms with Gasteiger partial charge in [-0.05, 0) is 50.5 Å². The standard InChI is InChI=1S/C27H35ClFN3O4S/c1-20(27(34)30-23-12-4-3-5-13-23)31(19-21-10-6-7-15-25(21)29)26(33)16-9-17-32(37(2,35)36)24-14-8-11-22(28)18-24/h6-8,10-11,14-15,18,20,23H,3-5,9,12-13,16-17,19H2,1-2H3,(H,30,34)/t20-/m0/s1. The van der Waals surface area contributed by atoms with Crippen LogP contribution in [0.5, 0.6) is 0 Å². The zero-order valence-corrected chi connectivity index (χ0v) is 22.9. The van der Waals surface area contributed by atoms with Gasteiger partial charge in [-0.2, -0.15) is 0 Å². The van der Waals surface area contributed by atoms with Crippen LogP contribution >= 0.6 is 11.6 Å². The summed E-state index contributed by atoms with van der Waals surface area (Å²) in [5.41, 5.74) is 0.718. The van der Waals surface area contributed by atoms with E-state index in [4.69, 9.17) is 11.6 Å². The third-order valence-electron chi connectivity index (χ3n) is 6.67. The van der Waals surface area contributed by atoms with Gasteiger partial charge >= 0.3 is 0 Å². The second-order valence-electron chi connectivity index (χ2n) is 9.55. The van der Waals surface area contributed by atoms with Gasteiger partial charge in [-0.3, -0.25) is 13.9 Å². The molecule has 202 valence electrons. The molecule has 0 unspecified atom stereocenters. The van der Waals surface area contributed by atoms with Gasteiger partial charge in [0.15, 0.2) is 0 Å². The van der Waals surface area contributed by atoms with Crippen LogP contribution in [0.4, 0.5) is 10.1 Å². The van der Waals surface area contributed by atoms with Gasteiger partial charge in [-0.15, -0.1) is 0 Å². The number of benzene rings is 2. The van der Waals surface area contributed by atoms with E-state index in [1.54, 1.807) is 49.4 Å². The fourth-order valence-corrected chi connectivity index (χ4v) is 5.74. The van der Waals surface area contributed by atoms with E-state index in [0.29, 0.717) is 16.3 Å². The van der Waals surface area contributed by atoms with Gasteiger partial charge in [0.2, 0.25) is 21.8 Å². The predicted molar refractivity (Wildman–Crippen MR) is 144 cm³/mol. The average molecular weight is 552 g/mol. The first-order valence-electron chi connectivity index (χ1n) is 12.6. The van der Waals surface area contributed by atoms with Crippen molar-refractivity contribution in [1.82, 2.24) is 10.2 Å². The highest BCUT2D eigenvalue weighted by Gasteiger charge is 2.29. The Morgan fingerprint density at radius 3 is 2.46 bits per heavy atom. The molecule has 0 aliphatic heterocycles. The maximum Gasteiger partial charge on any atom is 0.242 e. The summed E-state index contributed by atoms with van der Waals surface area (Å²) in [4.78, 5) is 27.8. The second kappa shape index (κ2) is 13.2. The number of rotatable bonds is 11. The van der Waals surface area contributed by atoms with Crippen LogP contribution in [0.25, 0.3) is 0 Å². The Bertz CT molecular complexity index is 1190. The topological polar surface area (TPSA) is 86.8 Å². The van der Waals surface area contributed by atoms with Gasteiger partial charge in [0.25, 0.3) is 0 Å². The SMILES string of the molecule is C[C@@H](C(=O)NC1CCCCC1)N(Cc1ccccc1F)C(=O)CCCN(c1cccc(Cl)c1)S(C)(=O)=O. The molecule has 0 saturated heterocycles. The largest absolute Gasteiger partial charge is 0.352 e. The molecule has 2 amide bonds. The Balaban J connectivity index is 1.72. The first-order chi connectivity index (χ1) is 17.6. The van der Waals surface area contributed by atoms with Crippen molar-refractivity contribution in [2.75, 3.05) is 17.1 Å². The van der Waals surface area contributed by atoms with E-state index in [-0.39, 0.29) is 43.8 Å². The third kappa shape index (κ3) is 8.43. The summed E-state index contributed by atoms with van der Waals surface area (Å²) >= 11 is 6.04. The molecule has 0 radical (unpaired) electrons. The highest BCUT2D eigenvalue weighted by molar-refractivity contribution is 7.92. The number of halogens is 2. The molecule has 1 saturated carbocycles. The fraction of sp³-hybridized carbons (Fsp3) is 0.481. The van der Waals surface area contributed by atoms with Crippen molar-refractivity contribution in [3.8, 4) is 0 Å². The van der Waals surface area contributed by atoms with E-state index >= 15 is 0 Å². The molecule has 1 fully saturated rings. The lowest BCUT2D eigenvalue weighted by Gasteiger charge is -2.31. The van der Waals surface area contributed by atoms with Crippen molar-refractivity contribution >= 4 is 39.1 Å². The van der Waals surface area contributed by atoms with Gasteiger partial charge < -0.3 is 10.2 Å². The highest BCUT2D eigenvalue weighted by atomic mass is 35.5. The number of carbonyl (C=O) groups excluding carboxylic acids is 2. The molecule has 0 heterocycles. The lowest BCUT2D eigenvalue weighted by Crippen LogP contribution is -2.50. The number of nitrogens with one attached hydrogen (secondary N) is 1. The number of hydrogen-bond acceptors (Lipinski definition) is 4. The summed E-state index contributed by atoms with van der Waals surface area (Å²) < 4.78 is 40.5. The Morgan fingerprint density at radius 1 is 1.11 bits per heavy atom. The molecule has 37 heavy (non-hydrogen) atoms. The van der Waals surface area contributed by atoms with Gasteiger partial charge in [0.05, 0.1) is 11.9 Å². The van der Waals surface area contributed by atoms with Crippen molar-refractivity contribution < 1.29 is 22.4 Å². The zero-order valence-electron chi connectivity index (χ0n) is 21.3. The summed E-state index contributed by atoms with van der Waals surface area (Å²) in [6.45, 7) is 1.64. The molecule has 1 aliphatic rings.